The standard InChI is InChI=1S/C14H25ClN2O2/c1-4-5-6-12(18)16-7-9-17(10-8-16)13(19)14(2,3)11-15/h4-11H2,1-3H3. The van der Waals surface area contributed by atoms with E-state index in [1.54, 1.807) is 0 Å². The van der Waals surface area contributed by atoms with E-state index in [1.807, 2.05) is 23.6 Å². The number of unbranched alkanes of at least 4 members (excludes halogenated alkanes) is 1. The number of alkyl halides is 1. The Morgan fingerprint density at radius 1 is 1.11 bits per heavy atom. The number of carbonyl (C=O) groups is 2. The molecule has 0 spiro atoms. The van der Waals surface area contributed by atoms with Gasteiger partial charge in [-0.05, 0) is 20.3 Å². The van der Waals surface area contributed by atoms with Crippen LogP contribution in [0.5, 0.6) is 0 Å². The first kappa shape index (κ1) is 16.3. The van der Waals surface area contributed by atoms with Gasteiger partial charge in [0.2, 0.25) is 11.8 Å². The van der Waals surface area contributed by atoms with E-state index in [9.17, 15) is 9.59 Å². The summed E-state index contributed by atoms with van der Waals surface area (Å²) in [6.45, 7) is 8.34. The average Bonchev–Trinajstić information content (AvgIpc) is 2.44. The molecule has 2 amide bonds. The monoisotopic (exact) mass is 288 g/mol. The summed E-state index contributed by atoms with van der Waals surface area (Å²) < 4.78 is 0. The van der Waals surface area contributed by atoms with Gasteiger partial charge >= 0.3 is 0 Å². The fraction of sp³-hybridized carbons (Fsp3) is 0.857. The molecule has 0 saturated carbocycles. The molecule has 1 aliphatic rings. The number of piperazine rings is 1. The Hall–Kier alpha value is -0.770. The molecule has 1 fully saturated rings. The quantitative estimate of drug-likeness (QED) is 0.727. The highest BCUT2D eigenvalue weighted by molar-refractivity contribution is 6.19. The van der Waals surface area contributed by atoms with Crippen molar-refractivity contribution in [2.24, 2.45) is 5.41 Å². The SMILES string of the molecule is CCCCC(=O)N1CCN(C(=O)C(C)(C)CCl)CC1. The molecule has 1 aliphatic heterocycles. The van der Waals surface area contributed by atoms with E-state index in [0.717, 1.165) is 12.8 Å². The molecule has 0 unspecified atom stereocenters. The van der Waals surface area contributed by atoms with E-state index < -0.39 is 5.41 Å². The van der Waals surface area contributed by atoms with Gasteiger partial charge in [0.1, 0.15) is 0 Å². The van der Waals surface area contributed by atoms with Gasteiger partial charge in [0.15, 0.2) is 0 Å². The van der Waals surface area contributed by atoms with E-state index in [0.29, 0.717) is 38.5 Å². The average molecular weight is 289 g/mol. The lowest BCUT2D eigenvalue weighted by Crippen LogP contribution is -2.53. The molecule has 5 heteroatoms. The minimum Gasteiger partial charge on any atom is -0.339 e. The van der Waals surface area contributed by atoms with Crippen LogP contribution >= 0.6 is 11.6 Å². The molecule has 1 saturated heterocycles. The Bertz CT molecular complexity index is 323. The second kappa shape index (κ2) is 7.13. The number of carbonyl (C=O) groups excluding carboxylic acids is 2. The van der Waals surface area contributed by atoms with Gasteiger partial charge < -0.3 is 9.80 Å². The van der Waals surface area contributed by atoms with Gasteiger partial charge in [0.05, 0.1) is 5.41 Å². The molecule has 0 aromatic heterocycles. The molecule has 0 aromatic carbocycles. The fourth-order valence-corrected chi connectivity index (χ4v) is 2.24. The molecule has 0 aliphatic carbocycles. The molecule has 0 bridgehead atoms. The molecule has 1 heterocycles. The van der Waals surface area contributed by atoms with E-state index in [-0.39, 0.29) is 11.8 Å². The number of hydrogen-bond donors (Lipinski definition) is 0. The Morgan fingerprint density at radius 3 is 2.11 bits per heavy atom. The summed E-state index contributed by atoms with van der Waals surface area (Å²) >= 11 is 5.83. The number of hydrogen-bond acceptors (Lipinski definition) is 2. The van der Waals surface area contributed by atoms with Crippen LogP contribution in [0.3, 0.4) is 0 Å². The van der Waals surface area contributed by atoms with Crippen LogP contribution in [0.2, 0.25) is 0 Å². The molecule has 0 atom stereocenters. The first-order valence-corrected chi connectivity index (χ1v) is 7.59. The summed E-state index contributed by atoms with van der Waals surface area (Å²) in [5.74, 6) is 0.621. The van der Waals surface area contributed by atoms with Crippen LogP contribution in [0.25, 0.3) is 0 Å². The largest absolute Gasteiger partial charge is 0.339 e. The van der Waals surface area contributed by atoms with Crippen molar-refractivity contribution >= 4 is 23.4 Å². The van der Waals surface area contributed by atoms with Crippen LogP contribution in [0.15, 0.2) is 0 Å². The third kappa shape index (κ3) is 4.37. The molecule has 0 N–H and O–H groups in total. The molecule has 0 aromatic rings. The van der Waals surface area contributed by atoms with Crippen molar-refractivity contribution in [1.29, 1.82) is 0 Å². The van der Waals surface area contributed by atoms with Crippen LogP contribution in [-0.4, -0.2) is 53.7 Å². The highest BCUT2D eigenvalue weighted by Gasteiger charge is 2.33. The summed E-state index contributed by atoms with van der Waals surface area (Å²) in [6.07, 6.45) is 2.60. The Kier molecular flexibility index (Phi) is 6.11. The Balaban J connectivity index is 2.45. The maximum atomic E-state index is 12.2. The third-order valence-corrected chi connectivity index (χ3v) is 4.24. The highest BCUT2D eigenvalue weighted by atomic mass is 35.5. The zero-order chi connectivity index (χ0) is 14.5. The lowest BCUT2D eigenvalue weighted by atomic mass is 9.94. The second-order valence-corrected chi connectivity index (χ2v) is 6.06. The van der Waals surface area contributed by atoms with Crippen LogP contribution in [0, 0.1) is 5.41 Å². The third-order valence-electron chi connectivity index (χ3n) is 3.58. The van der Waals surface area contributed by atoms with E-state index >= 15 is 0 Å². The fourth-order valence-electron chi connectivity index (χ4n) is 2.13. The Labute approximate surface area is 121 Å². The highest BCUT2D eigenvalue weighted by Crippen LogP contribution is 2.21. The van der Waals surface area contributed by atoms with Crippen LogP contribution in [-0.2, 0) is 9.59 Å². The van der Waals surface area contributed by atoms with Crippen molar-refractivity contribution in [3.05, 3.63) is 0 Å². The maximum Gasteiger partial charge on any atom is 0.229 e. The topological polar surface area (TPSA) is 40.6 Å². The van der Waals surface area contributed by atoms with Gasteiger partial charge in [-0.15, -0.1) is 11.6 Å². The molecular formula is C14H25ClN2O2. The number of amides is 2. The van der Waals surface area contributed by atoms with Crippen LogP contribution < -0.4 is 0 Å². The van der Waals surface area contributed by atoms with Crippen molar-refractivity contribution in [1.82, 2.24) is 9.80 Å². The Morgan fingerprint density at radius 2 is 1.63 bits per heavy atom. The number of nitrogens with zero attached hydrogens (tertiary/aromatic N) is 2. The maximum absolute atomic E-state index is 12.2. The lowest BCUT2D eigenvalue weighted by molar-refractivity contribution is -0.144. The van der Waals surface area contributed by atoms with Crippen LogP contribution in [0.4, 0.5) is 0 Å². The van der Waals surface area contributed by atoms with Crippen molar-refractivity contribution in [2.75, 3.05) is 32.1 Å². The number of rotatable bonds is 5. The van der Waals surface area contributed by atoms with Crippen molar-refractivity contribution < 1.29 is 9.59 Å². The molecule has 19 heavy (non-hydrogen) atoms. The minimum atomic E-state index is -0.518. The van der Waals surface area contributed by atoms with E-state index in [4.69, 9.17) is 11.6 Å². The van der Waals surface area contributed by atoms with Crippen LogP contribution in [0.1, 0.15) is 40.0 Å². The van der Waals surface area contributed by atoms with E-state index in [1.165, 1.54) is 0 Å². The first-order valence-electron chi connectivity index (χ1n) is 7.05. The van der Waals surface area contributed by atoms with Gasteiger partial charge in [-0.2, -0.15) is 0 Å². The van der Waals surface area contributed by atoms with Crippen molar-refractivity contribution in [2.45, 2.75) is 40.0 Å². The zero-order valence-corrected chi connectivity index (χ0v) is 13.0. The molecular weight excluding hydrogens is 264 g/mol. The van der Waals surface area contributed by atoms with E-state index in [2.05, 4.69) is 6.92 Å². The summed E-state index contributed by atoms with van der Waals surface area (Å²) in [5.41, 5.74) is -0.518. The first-order chi connectivity index (χ1) is 8.92. The molecule has 0 radical (unpaired) electrons. The molecule has 4 nitrogen and oxygen atoms in total. The smallest absolute Gasteiger partial charge is 0.229 e. The molecule has 1 rings (SSSR count). The van der Waals surface area contributed by atoms with Gasteiger partial charge in [-0.25, -0.2) is 0 Å². The molecule has 110 valence electrons. The summed E-state index contributed by atoms with van der Waals surface area (Å²) in [7, 11) is 0. The van der Waals surface area contributed by atoms with Crippen molar-refractivity contribution in [3.63, 3.8) is 0 Å². The number of halogens is 1. The summed E-state index contributed by atoms with van der Waals surface area (Å²) in [6, 6.07) is 0. The van der Waals surface area contributed by atoms with Gasteiger partial charge in [-0.1, -0.05) is 13.3 Å². The van der Waals surface area contributed by atoms with Gasteiger partial charge in [0.25, 0.3) is 0 Å². The second-order valence-electron chi connectivity index (χ2n) is 5.79. The lowest BCUT2D eigenvalue weighted by Gasteiger charge is -2.38. The summed E-state index contributed by atoms with van der Waals surface area (Å²) in [4.78, 5) is 27.8. The summed E-state index contributed by atoms with van der Waals surface area (Å²) in [5, 5.41) is 0. The van der Waals surface area contributed by atoms with Gasteiger partial charge in [0, 0.05) is 38.5 Å². The predicted octanol–water partition coefficient (Wildman–Crippen LogP) is 2.11. The normalized spacial score (nSPS) is 16.6. The van der Waals surface area contributed by atoms with Gasteiger partial charge in [-0.3, -0.25) is 9.59 Å². The van der Waals surface area contributed by atoms with Crippen molar-refractivity contribution in [3.8, 4) is 0 Å². The zero-order valence-electron chi connectivity index (χ0n) is 12.2. The predicted molar refractivity (Wildman–Crippen MR) is 77.2 cm³/mol. The minimum absolute atomic E-state index is 0.0863.